The van der Waals surface area contributed by atoms with Gasteiger partial charge in [-0.05, 0) is 26.3 Å². The molecule has 0 bridgehead atoms. The van der Waals surface area contributed by atoms with Gasteiger partial charge in [0.2, 0.25) is 5.54 Å². The van der Waals surface area contributed by atoms with Crippen molar-refractivity contribution in [2.45, 2.75) is 44.8 Å². The third kappa shape index (κ3) is 5.19. The Morgan fingerprint density at radius 1 is 1.17 bits per heavy atom. The number of alkyl carbamates (subject to hydrolysis) is 1. The zero-order valence-electron chi connectivity index (χ0n) is 13.6. The number of benzene rings is 1. The van der Waals surface area contributed by atoms with Crippen LogP contribution in [0.4, 0.5) is 13.6 Å². The van der Waals surface area contributed by atoms with Crippen LogP contribution in [0.25, 0.3) is 0 Å². The predicted octanol–water partition coefficient (Wildman–Crippen LogP) is 2.93. The van der Waals surface area contributed by atoms with Crippen molar-refractivity contribution in [1.29, 1.82) is 0 Å². The number of ether oxygens (including phenoxy) is 2. The van der Waals surface area contributed by atoms with Gasteiger partial charge in [-0.2, -0.15) is 0 Å². The molecule has 1 atom stereocenters. The van der Waals surface area contributed by atoms with Crippen molar-refractivity contribution in [2.75, 3.05) is 7.11 Å². The van der Waals surface area contributed by atoms with Crippen molar-refractivity contribution in [3.05, 3.63) is 35.9 Å². The number of amides is 1. The highest BCUT2D eigenvalue weighted by atomic mass is 19.3. The molecule has 0 heterocycles. The fourth-order valence-electron chi connectivity index (χ4n) is 1.97. The number of hydrogen-bond donors (Lipinski definition) is 1. The number of hydrogen-bond acceptors (Lipinski definition) is 4. The molecule has 0 fully saturated rings. The van der Waals surface area contributed by atoms with Crippen molar-refractivity contribution in [1.82, 2.24) is 5.32 Å². The van der Waals surface area contributed by atoms with Gasteiger partial charge >= 0.3 is 12.1 Å². The van der Waals surface area contributed by atoms with Gasteiger partial charge in [0.15, 0.2) is 0 Å². The van der Waals surface area contributed by atoms with E-state index in [9.17, 15) is 18.4 Å². The molecule has 1 N–H and O–H groups in total. The summed E-state index contributed by atoms with van der Waals surface area (Å²) < 4.78 is 36.9. The van der Waals surface area contributed by atoms with E-state index in [0.29, 0.717) is 5.56 Å². The first kappa shape index (κ1) is 18.9. The number of esters is 1. The fraction of sp³-hybridized carbons (Fsp3) is 0.500. The molecule has 0 aliphatic heterocycles. The van der Waals surface area contributed by atoms with E-state index in [1.165, 1.54) is 0 Å². The van der Waals surface area contributed by atoms with Gasteiger partial charge in [-0.1, -0.05) is 30.3 Å². The third-order valence-electron chi connectivity index (χ3n) is 2.97. The number of rotatable bonds is 5. The highest BCUT2D eigenvalue weighted by Crippen LogP contribution is 2.24. The lowest BCUT2D eigenvalue weighted by Gasteiger charge is -2.32. The zero-order chi connectivity index (χ0) is 17.7. The van der Waals surface area contributed by atoms with Crippen LogP contribution in [0.1, 0.15) is 26.3 Å². The summed E-state index contributed by atoms with van der Waals surface area (Å²) in [5.41, 5.74) is -2.95. The fourth-order valence-corrected chi connectivity index (χ4v) is 1.97. The molecule has 0 aliphatic rings. The van der Waals surface area contributed by atoms with Gasteiger partial charge in [0.25, 0.3) is 6.43 Å². The van der Waals surface area contributed by atoms with Gasteiger partial charge in [-0.15, -0.1) is 0 Å². The van der Waals surface area contributed by atoms with E-state index >= 15 is 0 Å². The maximum absolute atomic E-state index is 13.7. The quantitative estimate of drug-likeness (QED) is 0.844. The summed E-state index contributed by atoms with van der Waals surface area (Å²) in [6.45, 7) is 4.77. The maximum atomic E-state index is 13.7. The number of carbonyl (C=O) groups is 2. The van der Waals surface area contributed by atoms with E-state index in [4.69, 9.17) is 4.74 Å². The number of halogens is 2. The van der Waals surface area contributed by atoms with Gasteiger partial charge < -0.3 is 9.47 Å². The molecule has 1 aromatic rings. The van der Waals surface area contributed by atoms with E-state index in [1.54, 1.807) is 51.1 Å². The molecule has 0 aliphatic carbocycles. The lowest BCUT2D eigenvalue weighted by Crippen LogP contribution is -2.62. The Labute approximate surface area is 134 Å². The van der Waals surface area contributed by atoms with Crippen LogP contribution in [0.15, 0.2) is 30.3 Å². The van der Waals surface area contributed by atoms with Crippen LogP contribution in [0.2, 0.25) is 0 Å². The second kappa shape index (κ2) is 7.39. The van der Waals surface area contributed by atoms with Gasteiger partial charge in [-0.3, -0.25) is 5.32 Å². The summed E-state index contributed by atoms with van der Waals surface area (Å²) in [7, 11) is 0.987. The Balaban J connectivity index is 3.13. The molecule has 0 spiro atoms. The van der Waals surface area contributed by atoms with E-state index in [0.717, 1.165) is 7.11 Å². The molecule has 1 aromatic carbocycles. The Hall–Kier alpha value is -2.18. The maximum Gasteiger partial charge on any atom is 0.408 e. The molecule has 0 radical (unpaired) electrons. The van der Waals surface area contributed by atoms with Crippen molar-refractivity contribution >= 4 is 12.1 Å². The summed E-state index contributed by atoms with van der Waals surface area (Å²) >= 11 is 0. The van der Waals surface area contributed by atoms with E-state index in [-0.39, 0.29) is 0 Å². The lowest BCUT2D eigenvalue weighted by atomic mass is 9.91. The van der Waals surface area contributed by atoms with Crippen molar-refractivity contribution < 1.29 is 27.8 Å². The number of alkyl halides is 2. The Morgan fingerprint density at radius 2 is 1.74 bits per heavy atom. The highest BCUT2D eigenvalue weighted by molar-refractivity contribution is 5.86. The molecule has 23 heavy (non-hydrogen) atoms. The molecular formula is C16H21F2NO4. The monoisotopic (exact) mass is 329 g/mol. The van der Waals surface area contributed by atoms with Gasteiger partial charge in [0.05, 0.1) is 7.11 Å². The van der Waals surface area contributed by atoms with Gasteiger partial charge in [0.1, 0.15) is 5.60 Å². The largest absolute Gasteiger partial charge is 0.467 e. The normalized spacial score (nSPS) is 14.0. The summed E-state index contributed by atoms with van der Waals surface area (Å²) in [6, 6.07) is 8.17. The first-order valence-electron chi connectivity index (χ1n) is 7.02. The van der Waals surface area contributed by atoms with Crippen molar-refractivity contribution in [3.63, 3.8) is 0 Å². The molecule has 5 nitrogen and oxygen atoms in total. The summed E-state index contributed by atoms with van der Waals surface area (Å²) in [6.07, 6.45) is -4.71. The third-order valence-corrected chi connectivity index (χ3v) is 2.97. The molecule has 0 saturated carbocycles. The van der Waals surface area contributed by atoms with Gasteiger partial charge in [-0.25, -0.2) is 18.4 Å². The Kier molecular flexibility index (Phi) is 6.06. The summed E-state index contributed by atoms with van der Waals surface area (Å²) in [5, 5.41) is 2.00. The van der Waals surface area contributed by atoms with Gasteiger partial charge in [0, 0.05) is 6.42 Å². The summed E-state index contributed by atoms with van der Waals surface area (Å²) in [4.78, 5) is 23.9. The SMILES string of the molecule is COC(=O)C(Cc1ccccc1)(NC(=O)OC(C)(C)C)C(F)F. The molecular weight excluding hydrogens is 308 g/mol. The standard InChI is InChI=1S/C16H21F2NO4/c1-15(2,3)23-14(21)19-16(12(17)18,13(20)22-4)10-11-8-6-5-7-9-11/h5-9,12H,10H2,1-4H3,(H,19,21). The minimum atomic E-state index is -3.18. The van der Waals surface area contributed by atoms with E-state index in [1.807, 2.05) is 5.32 Å². The topological polar surface area (TPSA) is 64.6 Å². The van der Waals surface area contributed by atoms with Crippen LogP contribution >= 0.6 is 0 Å². The Bertz CT molecular complexity index is 543. The molecule has 1 amide bonds. The van der Waals surface area contributed by atoms with Crippen LogP contribution in [0.5, 0.6) is 0 Å². The van der Waals surface area contributed by atoms with Crippen molar-refractivity contribution in [2.24, 2.45) is 0 Å². The molecule has 128 valence electrons. The first-order valence-corrected chi connectivity index (χ1v) is 7.02. The van der Waals surface area contributed by atoms with Crippen LogP contribution < -0.4 is 5.32 Å². The molecule has 0 saturated heterocycles. The summed E-state index contributed by atoms with van der Waals surface area (Å²) in [5.74, 6) is -1.23. The van der Waals surface area contributed by atoms with Crippen LogP contribution in [0.3, 0.4) is 0 Å². The number of carbonyl (C=O) groups excluding carboxylic acids is 2. The molecule has 0 aromatic heterocycles. The first-order chi connectivity index (χ1) is 10.6. The van der Waals surface area contributed by atoms with Crippen LogP contribution in [0, 0.1) is 0 Å². The Morgan fingerprint density at radius 3 is 2.17 bits per heavy atom. The number of nitrogens with one attached hydrogen (secondary N) is 1. The number of methoxy groups -OCH3 is 1. The minimum Gasteiger partial charge on any atom is -0.467 e. The zero-order valence-corrected chi connectivity index (χ0v) is 13.6. The highest BCUT2D eigenvalue weighted by Gasteiger charge is 2.50. The molecule has 1 rings (SSSR count). The molecule has 1 unspecified atom stereocenters. The molecule has 7 heteroatoms. The van der Waals surface area contributed by atoms with Crippen LogP contribution in [-0.4, -0.2) is 36.7 Å². The van der Waals surface area contributed by atoms with E-state index < -0.39 is 36.0 Å². The second-order valence-electron chi connectivity index (χ2n) is 6.05. The average Bonchev–Trinajstić information content (AvgIpc) is 2.44. The average molecular weight is 329 g/mol. The minimum absolute atomic E-state index is 0.419. The van der Waals surface area contributed by atoms with Crippen LogP contribution in [-0.2, 0) is 20.7 Å². The van der Waals surface area contributed by atoms with Crippen molar-refractivity contribution in [3.8, 4) is 0 Å². The predicted molar refractivity (Wildman–Crippen MR) is 80.3 cm³/mol. The lowest BCUT2D eigenvalue weighted by molar-refractivity contribution is -0.156. The smallest absolute Gasteiger partial charge is 0.408 e. The van der Waals surface area contributed by atoms with E-state index in [2.05, 4.69) is 4.74 Å². The second-order valence-corrected chi connectivity index (χ2v) is 6.05.